The molecule has 1 aromatic rings. The van der Waals surface area contributed by atoms with E-state index in [1.807, 2.05) is 0 Å². The fourth-order valence-corrected chi connectivity index (χ4v) is 5.91. The topological polar surface area (TPSA) is 55.4 Å². The van der Waals surface area contributed by atoms with Crippen molar-refractivity contribution in [2.75, 3.05) is 11.9 Å². The number of carbonyl (C=O) groups excluding carboxylic acids is 2. The van der Waals surface area contributed by atoms with Crippen molar-refractivity contribution in [1.82, 2.24) is 0 Å². The Morgan fingerprint density at radius 3 is 2.32 bits per heavy atom. The molecule has 4 nitrogen and oxygen atoms in total. The van der Waals surface area contributed by atoms with Crippen molar-refractivity contribution < 1.29 is 14.3 Å². The lowest BCUT2D eigenvalue weighted by atomic mass is 9.49. The van der Waals surface area contributed by atoms with Crippen LogP contribution in [0.15, 0.2) is 22.7 Å². The van der Waals surface area contributed by atoms with Crippen LogP contribution in [-0.4, -0.2) is 18.5 Å². The molecular weight excluding hydrogens is 406 g/mol. The Morgan fingerprint density at radius 1 is 1.16 bits per heavy atom. The molecule has 1 N–H and O–H groups in total. The molecule has 4 fully saturated rings. The number of hydrogen-bond donors (Lipinski definition) is 1. The summed E-state index contributed by atoms with van der Waals surface area (Å²) in [7, 11) is 0. The normalized spacial score (nSPS) is 32.5. The number of benzene rings is 1. The molecule has 4 bridgehead atoms. The standard InChI is InChI=1S/C19H21BrClNO3/c20-15-6-14(1-2-16(15)21)22-17(23)10-25-18(24)19-7-11-3-12(8-19)5-13(4-11)9-19/h1-2,6,11-13H,3-5,7-10H2,(H,22,23). The lowest BCUT2D eigenvalue weighted by Crippen LogP contribution is -2.50. The molecule has 0 heterocycles. The summed E-state index contributed by atoms with van der Waals surface area (Å²) in [4.78, 5) is 24.8. The summed E-state index contributed by atoms with van der Waals surface area (Å²) < 4.78 is 6.13. The molecule has 0 unspecified atom stereocenters. The minimum atomic E-state index is -0.327. The Kier molecular flexibility index (Phi) is 4.57. The molecular formula is C19H21BrClNO3. The number of rotatable bonds is 4. The first-order chi connectivity index (χ1) is 11.9. The van der Waals surface area contributed by atoms with E-state index in [1.54, 1.807) is 18.2 Å². The van der Waals surface area contributed by atoms with Crippen LogP contribution in [0.4, 0.5) is 5.69 Å². The highest BCUT2D eigenvalue weighted by Crippen LogP contribution is 2.60. The van der Waals surface area contributed by atoms with Crippen LogP contribution in [0.2, 0.25) is 5.02 Å². The first kappa shape index (κ1) is 17.3. The summed E-state index contributed by atoms with van der Waals surface area (Å²) in [5.74, 6) is 1.54. The summed E-state index contributed by atoms with van der Waals surface area (Å²) in [6.07, 6.45) is 6.67. The number of esters is 1. The predicted molar refractivity (Wildman–Crippen MR) is 99.3 cm³/mol. The lowest BCUT2D eigenvalue weighted by molar-refractivity contribution is -0.172. The molecule has 134 valence electrons. The maximum Gasteiger partial charge on any atom is 0.312 e. The highest BCUT2D eigenvalue weighted by atomic mass is 79.9. The van der Waals surface area contributed by atoms with Gasteiger partial charge >= 0.3 is 5.97 Å². The molecule has 1 aromatic carbocycles. The Balaban J connectivity index is 1.34. The minimum Gasteiger partial charge on any atom is -0.455 e. The van der Waals surface area contributed by atoms with E-state index < -0.39 is 0 Å². The van der Waals surface area contributed by atoms with Gasteiger partial charge in [-0.3, -0.25) is 9.59 Å². The van der Waals surface area contributed by atoms with Crippen molar-refractivity contribution >= 4 is 45.1 Å². The number of hydrogen-bond acceptors (Lipinski definition) is 3. The fraction of sp³-hybridized carbons (Fsp3) is 0.579. The predicted octanol–water partition coefficient (Wildman–Crippen LogP) is 4.80. The third-order valence-electron chi connectivity index (χ3n) is 6.01. The molecule has 0 aliphatic heterocycles. The molecule has 0 saturated heterocycles. The molecule has 4 aliphatic carbocycles. The number of amides is 1. The Hall–Kier alpha value is -1.07. The van der Waals surface area contributed by atoms with Crippen molar-refractivity contribution in [2.45, 2.75) is 38.5 Å². The van der Waals surface area contributed by atoms with Gasteiger partial charge < -0.3 is 10.1 Å². The monoisotopic (exact) mass is 425 g/mol. The molecule has 6 heteroatoms. The van der Waals surface area contributed by atoms with Crippen molar-refractivity contribution in [2.24, 2.45) is 23.2 Å². The van der Waals surface area contributed by atoms with Crippen molar-refractivity contribution in [1.29, 1.82) is 0 Å². The summed E-state index contributed by atoms with van der Waals surface area (Å²) in [6, 6.07) is 5.13. The zero-order valence-corrected chi connectivity index (χ0v) is 16.2. The van der Waals surface area contributed by atoms with Crippen LogP contribution in [0.25, 0.3) is 0 Å². The summed E-state index contributed by atoms with van der Waals surface area (Å²) in [5.41, 5.74) is 0.297. The second-order valence-corrected chi connectivity index (χ2v) is 9.21. The zero-order chi connectivity index (χ0) is 17.6. The lowest BCUT2D eigenvalue weighted by Gasteiger charge is -2.55. The maximum absolute atomic E-state index is 12.7. The summed E-state index contributed by atoms with van der Waals surface area (Å²) in [6.45, 7) is -0.235. The molecule has 1 amide bonds. The second-order valence-electron chi connectivity index (χ2n) is 7.95. The molecule has 0 aromatic heterocycles. The Bertz CT molecular complexity index is 685. The van der Waals surface area contributed by atoms with Crippen LogP contribution in [0.5, 0.6) is 0 Å². The molecule has 4 aliphatic rings. The van der Waals surface area contributed by atoms with Gasteiger partial charge in [0.25, 0.3) is 5.91 Å². The van der Waals surface area contributed by atoms with Gasteiger partial charge in [-0.1, -0.05) is 11.6 Å². The largest absolute Gasteiger partial charge is 0.455 e. The van der Waals surface area contributed by atoms with Crippen LogP contribution >= 0.6 is 27.5 Å². The van der Waals surface area contributed by atoms with Gasteiger partial charge in [0.2, 0.25) is 0 Å². The van der Waals surface area contributed by atoms with Crippen molar-refractivity contribution in [3.63, 3.8) is 0 Å². The zero-order valence-electron chi connectivity index (χ0n) is 13.9. The van der Waals surface area contributed by atoms with Crippen LogP contribution in [-0.2, 0) is 14.3 Å². The third-order valence-corrected chi connectivity index (χ3v) is 7.22. The van der Waals surface area contributed by atoms with Crippen molar-refractivity contribution in [3.8, 4) is 0 Å². The molecule has 5 rings (SSSR count). The molecule has 0 spiro atoms. The van der Waals surface area contributed by atoms with Gasteiger partial charge in [0.15, 0.2) is 6.61 Å². The van der Waals surface area contributed by atoms with Gasteiger partial charge in [0.05, 0.1) is 10.4 Å². The average Bonchev–Trinajstić information content (AvgIpc) is 2.55. The van der Waals surface area contributed by atoms with E-state index in [1.165, 1.54) is 19.3 Å². The highest BCUT2D eigenvalue weighted by Gasteiger charge is 2.55. The third kappa shape index (κ3) is 3.45. The number of halogens is 2. The Labute approximate surface area is 160 Å². The maximum atomic E-state index is 12.7. The first-order valence-corrected chi connectivity index (χ1v) is 10.0. The van der Waals surface area contributed by atoms with E-state index in [-0.39, 0.29) is 23.9 Å². The number of anilines is 1. The van der Waals surface area contributed by atoms with Crippen LogP contribution in [0.1, 0.15) is 38.5 Å². The molecule has 0 atom stereocenters. The second kappa shape index (κ2) is 6.58. The molecule has 25 heavy (non-hydrogen) atoms. The summed E-state index contributed by atoms with van der Waals surface area (Å²) >= 11 is 9.26. The number of carbonyl (C=O) groups is 2. The highest BCUT2D eigenvalue weighted by molar-refractivity contribution is 9.10. The quantitative estimate of drug-likeness (QED) is 0.704. The van der Waals surface area contributed by atoms with Crippen LogP contribution in [0, 0.1) is 23.2 Å². The Morgan fingerprint density at radius 2 is 1.76 bits per heavy atom. The van der Waals surface area contributed by atoms with Gasteiger partial charge in [0.1, 0.15) is 0 Å². The van der Waals surface area contributed by atoms with Gasteiger partial charge in [0, 0.05) is 10.2 Å². The average molecular weight is 427 g/mol. The SMILES string of the molecule is O=C(COC(=O)C12CC3CC(CC(C3)C1)C2)Nc1ccc(Cl)c(Br)c1. The van der Waals surface area contributed by atoms with Gasteiger partial charge in [-0.15, -0.1) is 0 Å². The number of nitrogens with one attached hydrogen (secondary N) is 1. The molecule has 0 radical (unpaired) electrons. The van der Waals surface area contributed by atoms with Crippen LogP contribution < -0.4 is 5.32 Å². The van der Waals surface area contributed by atoms with Gasteiger partial charge in [-0.2, -0.15) is 0 Å². The van der Waals surface area contributed by atoms with Gasteiger partial charge in [-0.25, -0.2) is 0 Å². The van der Waals surface area contributed by atoms with E-state index in [9.17, 15) is 9.59 Å². The molecule has 4 saturated carbocycles. The van der Waals surface area contributed by atoms with E-state index in [2.05, 4.69) is 21.2 Å². The minimum absolute atomic E-state index is 0.168. The summed E-state index contributed by atoms with van der Waals surface area (Å²) in [5, 5.41) is 3.31. The van der Waals surface area contributed by atoms with E-state index in [4.69, 9.17) is 16.3 Å². The van der Waals surface area contributed by atoms with Crippen molar-refractivity contribution in [3.05, 3.63) is 27.7 Å². The first-order valence-electron chi connectivity index (χ1n) is 8.86. The number of ether oxygens (including phenoxy) is 1. The smallest absolute Gasteiger partial charge is 0.312 e. The van der Waals surface area contributed by atoms with E-state index in [0.717, 1.165) is 19.3 Å². The van der Waals surface area contributed by atoms with E-state index in [0.29, 0.717) is 32.9 Å². The van der Waals surface area contributed by atoms with Gasteiger partial charge in [-0.05, 0) is 90.4 Å². The van der Waals surface area contributed by atoms with E-state index >= 15 is 0 Å². The van der Waals surface area contributed by atoms with Crippen LogP contribution in [0.3, 0.4) is 0 Å². The fourth-order valence-electron chi connectivity index (χ4n) is 5.42.